The smallest absolute Gasteiger partial charge is 0.455 e. The fourth-order valence-corrected chi connectivity index (χ4v) is 10.7. The molecule has 2 saturated carbocycles. The second-order valence-electron chi connectivity index (χ2n) is 17.0. The van der Waals surface area contributed by atoms with Crippen molar-refractivity contribution in [1.82, 2.24) is 4.98 Å². The minimum Gasteiger partial charge on any atom is -0.455 e. The predicted octanol–water partition coefficient (Wildman–Crippen LogP) is 7.67. The Morgan fingerprint density at radius 3 is 2.41 bits per heavy atom. The summed E-state index contributed by atoms with van der Waals surface area (Å²) < 4.78 is 34.3. The summed E-state index contributed by atoms with van der Waals surface area (Å²) in [4.78, 5) is 59.2. The highest BCUT2D eigenvalue weighted by atomic mass is 33.1. The number of aliphatic hydroxyl groups is 2. The Hall–Kier alpha value is -3.47. The first-order chi connectivity index (χ1) is 27.8. The van der Waals surface area contributed by atoms with Crippen molar-refractivity contribution < 1.29 is 57.8 Å². The molecule has 0 aliphatic heterocycles. The number of esters is 2. The van der Waals surface area contributed by atoms with Gasteiger partial charge < -0.3 is 38.6 Å². The molecule has 3 aliphatic carbocycles. The van der Waals surface area contributed by atoms with Gasteiger partial charge in [-0.15, -0.1) is 0 Å². The molecule has 2 fully saturated rings. The molecule has 2 bridgehead atoms. The van der Waals surface area contributed by atoms with Gasteiger partial charge in [-0.25, -0.2) is 14.6 Å². The minimum absolute atomic E-state index is 0.00613. The SMILES string of the molecule is CCOC1CC(O)C2(C)C(=O)C(OC(=O)OCOC(=O)CCC(C)OCC(C)(C)SSc3ccccn3)C3=C(C)CCC(O)([C@@H](OC(=O)c4ccccc4)C2C1)C3(C)C. The summed E-state index contributed by atoms with van der Waals surface area (Å²) in [5.74, 6) is -2.88. The summed E-state index contributed by atoms with van der Waals surface area (Å²) in [5.41, 5.74) is -3.44. The molecule has 0 amide bonds. The Morgan fingerprint density at radius 1 is 1.02 bits per heavy atom. The maximum Gasteiger partial charge on any atom is 0.512 e. The molecule has 1 aromatic heterocycles. The van der Waals surface area contributed by atoms with Gasteiger partial charge in [-0.2, -0.15) is 0 Å². The van der Waals surface area contributed by atoms with Crippen LogP contribution in [-0.2, 0) is 38.0 Å². The lowest BCUT2D eigenvalue weighted by atomic mass is 9.48. The van der Waals surface area contributed by atoms with Crippen LogP contribution in [0.1, 0.15) is 104 Å². The van der Waals surface area contributed by atoms with E-state index in [9.17, 15) is 24.6 Å². The van der Waals surface area contributed by atoms with Crippen molar-refractivity contribution in [2.24, 2.45) is 16.7 Å². The molecule has 7 unspecified atom stereocenters. The zero-order chi connectivity index (χ0) is 43.2. The van der Waals surface area contributed by atoms with Crippen LogP contribution in [0.25, 0.3) is 0 Å². The van der Waals surface area contributed by atoms with E-state index in [4.69, 9.17) is 28.4 Å². The molecule has 1 aromatic carbocycles. The van der Waals surface area contributed by atoms with Gasteiger partial charge >= 0.3 is 18.1 Å². The van der Waals surface area contributed by atoms with Gasteiger partial charge in [-0.1, -0.05) is 54.5 Å². The molecule has 0 saturated heterocycles. The normalized spacial score (nSPS) is 28.4. The number of aromatic nitrogens is 1. The number of pyridine rings is 1. The van der Waals surface area contributed by atoms with Crippen LogP contribution in [-0.4, -0.2) is 99.9 Å². The van der Waals surface area contributed by atoms with Crippen LogP contribution in [0.3, 0.4) is 0 Å². The first-order valence-electron chi connectivity index (χ1n) is 20.2. The highest BCUT2D eigenvalue weighted by Crippen LogP contribution is 2.60. The van der Waals surface area contributed by atoms with Crippen LogP contribution < -0.4 is 0 Å². The number of nitrogens with zero attached hydrogens (tertiary/aromatic N) is 1. The molecule has 0 spiro atoms. The third-order valence-corrected chi connectivity index (χ3v) is 15.3. The van der Waals surface area contributed by atoms with E-state index in [0.717, 1.165) is 5.03 Å². The number of rotatable bonds is 16. The standard InChI is InChI=1S/C44H59NO12S2/c1-9-52-30-23-31-38(57-39(49)29-15-11-10-12-16-29)44(51)21-20-27(2)35(42(44,6)7)36(37(48)43(31,8)32(46)24-30)56-40(50)55-26-54-34(47)19-18-28(3)53-25-41(4,5)59-58-33-17-13-14-22-45-33/h10-17,22,28,30-32,36,38,46,51H,9,18-21,23-26H2,1-8H3/t28?,30?,31?,32?,36?,38-,43?,44?/m0/s1. The number of hydrogen-bond acceptors (Lipinski definition) is 15. The molecular weight excluding hydrogens is 799 g/mol. The first kappa shape index (κ1) is 46.6. The molecule has 15 heteroatoms. The number of ether oxygens (including phenoxy) is 6. The zero-order valence-electron chi connectivity index (χ0n) is 35.3. The maximum atomic E-state index is 15.1. The lowest BCUT2D eigenvalue weighted by Gasteiger charge is -2.60. The molecule has 1 heterocycles. The fourth-order valence-electron chi connectivity index (χ4n) is 8.63. The van der Waals surface area contributed by atoms with E-state index in [2.05, 4.69) is 18.8 Å². The average molecular weight is 858 g/mol. The third-order valence-electron chi connectivity index (χ3n) is 12.1. The van der Waals surface area contributed by atoms with Gasteiger partial charge in [-0.3, -0.25) is 9.59 Å². The van der Waals surface area contributed by atoms with E-state index in [1.54, 1.807) is 85.8 Å². The lowest BCUT2D eigenvalue weighted by Crippen LogP contribution is -2.70. The molecule has 0 radical (unpaired) electrons. The van der Waals surface area contributed by atoms with Crippen molar-refractivity contribution in [3.8, 4) is 0 Å². The number of carbonyl (C=O) groups is 4. The first-order valence-corrected chi connectivity index (χ1v) is 22.4. The van der Waals surface area contributed by atoms with Crippen LogP contribution in [0, 0.1) is 16.7 Å². The largest absolute Gasteiger partial charge is 0.512 e. The number of benzene rings is 1. The van der Waals surface area contributed by atoms with Crippen molar-refractivity contribution in [1.29, 1.82) is 0 Å². The Balaban J connectivity index is 1.26. The van der Waals surface area contributed by atoms with Gasteiger partial charge in [0.05, 0.1) is 35.9 Å². The second-order valence-corrected chi connectivity index (χ2v) is 19.9. The molecular formula is C44H59NO12S2. The van der Waals surface area contributed by atoms with Crippen molar-refractivity contribution in [3.05, 3.63) is 71.4 Å². The van der Waals surface area contributed by atoms with Crippen LogP contribution in [0.5, 0.6) is 0 Å². The van der Waals surface area contributed by atoms with Crippen molar-refractivity contribution >= 4 is 45.5 Å². The van der Waals surface area contributed by atoms with Gasteiger partial charge in [0.25, 0.3) is 0 Å². The number of ketones is 1. The van der Waals surface area contributed by atoms with E-state index in [1.165, 1.54) is 0 Å². The summed E-state index contributed by atoms with van der Waals surface area (Å²) in [6.45, 7) is 14.7. The van der Waals surface area contributed by atoms with E-state index >= 15 is 4.79 Å². The molecule has 324 valence electrons. The van der Waals surface area contributed by atoms with E-state index < -0.39 is 77.4 Å². The lowest BCUT2D eigenvalue weighted by molar-refractivity contribution is -0.223. The van der Waals surface area contributed by atoms with E-state index in [1.807, 2.05) is 32.0 Å². The Kier molecular flexibility index (Phi) is 15.4. The fraction of sp³-hybridized carbons (Fsp3) is 0.614. The molecule has 59 heavy (non-hydrogen) atoms. The summed E-state index contributed by atoms with van der Waals surface area (Å²) in [6, 6.07) is 14.1. The molecule has 2 aromatic rings. The highest BCUT2D eigenvalue weighted by Gasteiger charge is 2.68. The predicted molar refractivity (Wildman–Crippen MR) is 222 cm³/mol. The topological polar surface area (TPSA) is 177 Å². The number of carbonyl (C=O) groups excluding carboxylic acids is 4. The second kappa shape index (κ2) is 19.5. The minimum atomic E-state index is -1.78. The van der Waals surface area contributed by atoms with Crippen LogP contribution in [0.4, 0.5) is 4.79 Å². The summed E-state index contributed by atoms with van der Waals surface area (Å²) in [6.07, 6.45) is -3.35. The summed E-state index contributed by atoms with van der Waals surface area (Å²) in [5, 5.41) is 25.7. The number of fused-ring (bicyclic) bond motifs is 3. The van der Waals surface area contributed by atoms with E-state index in [0.29, 0.717) is 37.2 Å². The Morgan fingerprint density at radius 2 is 1.73 bits per heavy atom. The van der Waals surface area contributed by atoms with Gasteiger partial charge in [0.1, 0.15) is 16.7 Å². The monoisotopic (exact) mass is 857 g/mol. The molecule has 5 rings (SSSR count). The van der Waals surface area contributed by atoms with Crippen LogP contribution >= 0.6 is 21.6 Å². The average Bonchev–Trinajstić information content (AvgIpc) is 3.20. The molecule has 13 nitrogen and oxygen atoms in total. The van der Waals surface area contributed by atoms with Crippen molar-refractivity contribution in [2.45, 2.75) is 140 Å². The summed E-state index contributed by atoms with van der Waals surface area (Å²) >= 11 is 0. The highest BCUT2D eigenvalue weighted by molar-refractivity contribution is 8.77. The molecule has 2 N–H and O–H groups in total. The Bertz CT molecular complexity index is 1820. The maximum absolute atomic E-state index is 15.1. The van der Waals surface area contributed by atoms with Crippen molar-refractivity contribution in [3.63, 3.8) is 0 Å². The van der Waals surface area contributed by atoms with Gasteiger partial charge in [-0.05, 0) is 108 Å². The Labute approximate surface area is 355 Å². The third kappa shape index (κ3) is 10.5. The van der Waals surface area contributed by atoms with E-state index in [-0.39, 0.29) is 42.1 Å². The van der Waals surface area contributed by atoms with Crippen LogP contribution in [0.15, 0.2) is 70.9 Å². The van der Waals surface area contributed by atoms with Gasteiger partial charge in [0, 0.05) is 41.7 Å². The van der Waals surface area contributed by atoms with Crippen molar-refractivity contribution in [2.75, 3.05) is 20.0 Å². The van der Waals surface area contributed by atoms with Gasteiger partial charge in [0.2, 0.25) is 6.79 Å². The molecule has 3 aliphatic rings. The quantitative estimate of drug-likeness (QED) is 0.0552. The number of allylic oxidation sites excluding steroid dienone is 1. The van der Waals surface area contributed by atoms with Crippen LogP contribution in [0.2, 0.25) is 0 Å². The number of hydrogen-bond donors (Lipinski definition) is 2. The zero-order valence-corrected chi connectivity index (χ0v) is 36.9. The number of aliphatic hydroxyl groups excluding tert-OH is 1. The summed E-state index contributed by atoms with van der Waals surface area (Å²) in [7, 11) is 3.21. The number of Topliss-reactive ketones (excluding diaryl/α,β-unsaturated/α-hetero) is 1. The molecule has 8 atom stereocenters. The van der Waals surface area contributed by atoms with Gasteiger partial charge in [0.15, 0.2) is 11.9 Å².